The zero-order valence-electron chi connectivity index (χ0n) is 48.3. The minimum absolute atomic E-state index is 0.0586. The Labute approximate surface area is 495 Å². The minimum Gasteiger partial charge on any atom is -0.481 e. The third kappa shape index (κ3) is 25.2. The maximum Gasteiger partial charge on any atom is 0.328 e. The molecular weight excluding hydrogens is 1140 g/mol. The van der Waals surface area contributed by atoms with E-state index in [2.05, 4.69) is 47.9 Å². The Kier molecular flexibility index (Phi) is 31.4. The van der Waals surface area contributed by atoms with Crippen molar-refractivity contribution >= 4 is 83.0 Å². The highest BCUT2D eigenvalue weighted by Gasteiger charge is 2.40. The van der Waals surface area contributed by atoms with Gasteiger partial charge in [0.2, 0.25) is 53.2 Å². The second kappa shape index (κ2) is 36.8. The first kappa shape index (κ1) is 73.3. The van der Waals surface area contributed by atoms with Gasteiger partial charge in [-0.25, -0.2) is 4.79 Å². The number of aliphatic hydroxyl groups excluding tert-OH is 3. The molecule has 1 aromatic rings. The number of aliphatic hydroxyl groups is 3. The van der Waals surface area contributed by atoms with Gasteiger partial charge in [0.25, 0.3) is 0 Å². The number of carbonyl (C=O) groups is 12. The van der Waals surface area contributed by atoms with E-state index in [0.29, 0.717) is 18.4 Å². The van der Waals surface area contributed by atoms with E-state index in [0.717, 1.165) is 13.8 Å². The zero-order chi connectivity index (χ0) is 65.0. The molecule has 86 heavy (non-hydrogen) atoms. The Morgan fingerprint density at radius 3 is 1.59 bits per heavy atom. The SMILES string of the molecule is CC[C@H](C)[C@H](NC(=O)[C@H](CC(=O)O)NC(=O)[C@H](CCCNC(=N)N)NC(=O)[C@H](CCC(=O)O)NC(=O)[C@H](Cc1ccccc1)NC(=O)[C@@H]1CCCN1C(=O)[C@@H](N)CCCNC(=N)N)C(=O)N[C@@H](CO)C(=O)N[C@H](C(=O)N[C@H](C(=O)O)[C@@H](C)O)[C@@H](C)O. The first-order valence-electron chi connectivity index (χ1n) is 27.7. The van der Waals surface area contributed by atoms with Gasteiger partial charge in [0, 0.05) is 32.5 Å². The van der Waals surface area contributed by atoms with Crippen LogP contribution in [0.3, 0.4) is 0 Å². The second-order valence-corrected chi connectivity index (χ2v) is 20.6. The molecule has 0 spiro atoms. The molecule has 1 saturated heterocycles. The molecule has 2 rings (SSSR count). The third-order valence-electron chi connectivity index (χ3n) is 13.7. The molecular formula is C52H84N16O18. The summed E-state index contributed by atoms with van der Waals surface area (Å²) in [5, 5.41) is 97.5. The summed E-state index contributed by atoms with van der Waals surface area (Å²) in [4.78, 5) is 162. The molecule has 0 aromatic heterocycles. The summed E-state index contributed by atoms with van der Waals surface area (Å²) in [6, 6.07) is -8.10. The molecule has 0 saturated carbocycles. The highest BCUT2D eigenvalue weighted by atomic mass is 16.4. The average Bonchev–Trinajstić information content (AvgIpc) is 2.78. The summed E-state index contributed by atoms with van der Waals surface area (Å²) >= 11 is 0. The van der Waals surface area contributed by atoms with Crippen molar-refractivity contribution in [3.8, 4) is 0 Å². The van der Waals surface area contributed by atoms with Crippen molar-refractivity contribution in [1.29, 1.82) is 10.8 Å². The molecule has 480 valence electrons. The number of carboxylic acids is 3. The molecule has 9 amide bonds. The fraction of sp³-hybridized carbons (Fsp3) is 0.615. The van der Waals surface area contributed by atoms with Gasteiger partial charge in [-0.2, -0.15) is 0 Å². The predicted molar refractivity (Wildman–Crippen MR) is 303 cm³/mol. The molecule has 1 aliphatic rings. The maximum absolute atomic E-state index is 14.4. The minimum atomic E-state index is -2.03. The van der Waals surface area contributed by atoms with E-state index >= 15 is 0 Å². The monoisotopic (exact) mass is 1220 g/mol. The first-order chi connectivity index (χ1) is 40.4. The molecule has 1 aromatic carbocycles. The molecule has 0 unspecified atom stereocenters. The Morgan fingerprint density at radius 2 is 1.08 bits per heavy atom. The van der Waals surface area contributed by atoms with Crippen LogP contribution in [-0.2, 0) is 64.0 Å². The molecule has 0 radical (unpaired) electrons. The predicted octanol–water partition coefficient (Wildman–Crippen LogP) is -6.82. The Hall–Kier alpha value is -8.76. The lowest BCUT2D eigenvalue weighted by Gasteiger charge is -2.30. The highest BCUT2D eigenvalue weighted by Crippen LogP contribution is 2.20. The molecule has 1 aliphatic heterocycles. The number of amides is 9. The number of aliphatic carboxylic acids is 3. The molecule has 13 atom stereocenters. The first-order valence-corrected chi connectivity index (χ1v) is 27.7. The number of nitrogens with one attached hydrogen (secondary N) is 12. The lowest BCUT2D eigenvalue weighted by molar-refractivity contribution is -0.146. The van der Waals surface area contributed by atoms with Gasteiger partial charge < -0.3 is 106 Å². The van der Waals surface area contributed by atoms with E-state index in [-0.39, 0.29) is 64.1 Å². The number of benzene rings is 1. The van der Waals surface area contributed by atoms with Crippen molar-refractivity contribution in [2.75, 3.05) is 26.2 Å². The number of guanidine groups is 2. The van der Waals surface area contributed by atoms with E-state index in [1.54, 1.807) is 37.3 Å². The molecule has 0 aliphatic carbocycles. The molecule has 1 fully saturated rings. The van der Waals surface area contributed by atoms with E-state index in [1.807, 2.05) is 5.32 Å². The highest BCUT2D eigenvalue weighted by molar-refractivity contribution is 5.99. The number of rotatable bonds is 38. The fourth-order valence-electron chi connectivity index (χ4n) is 8.75. The van der Waals surface area contributed by atoms with Crippen LogP contribution in [0.2, 0.25) is 0 Å². The van der Waals surface area contributed by atoms with Gasteiger partial charge in [0.1, 0.15) is 48.3 Å². The quantitative estimate of drug-likeness (QED) is 0.0166. The van der Waals surface area contributed by atoms with Gasteiger partial charge in [-0.3, -0.25) is 63.6 Å². The standard InChI is InChI=1S/C52H84N16O18/c1-5-25(2)38(47(82)64-34(24-69)45(80)66-39(26(3)70)48(83)67-40(27(4)71)50(85)86)65-44(79)33(23-37(74)75)62-41(76)30(15-10-20-59-52(56)57)60-42(77)31(17-18-36(72)73)61-43(78)32(22-28-12-7-6-8-13-28)63-46(81)35-16-11-21-68(35)49(84)29(53)14-9-19-58-51(54)55/h6-8,12-13,25-27,29-35,38-40,69-71H,5,9-11,14-24,53H2,1-4H3,(H,60,77)(H,61,78)(H,62,76)(H,63,81)(H,64,82)(H,65,79)(H,66,80)(H,67,83)(H,72,73)(H,74,75)(H,85,86)(H4,54,55,58)(H4,56,57,59)/t25-,26+,27+,29-,30-,31-,32-,33-,34-,35-,38-,39-,40-/m0/s1. The smallest absolute Gasteiger partial charge is 0.328 e. The second-order valence-electron chi connectivity index (χ2n) is 20.6. The summed E-state index contributed by atoms with van der Waals surface area (Å²) in [5.74, 6) is -16.0. The summed E-state index contributed by atoms with van der Waals surface area (Å²) in [6.07, 6.45) is -5.10. The normalized spacial score (nSPS) is 17.0. The number of likely N-dealkylation sites (tertiary alicyclic amines) is 1. The van der Waals surface area contributed by atoms with Crippen LogP contribution in [0.1, 0.15) is 97.5 Å². The van der Waals surface area contributed by atoms with Gasteiger partial charge >= 0.3 is 17.9 Å². The van der Waals surface area contributed by atoms with Crippen LogP contribution in [0.4, 0.5) is 0 Å². The van der Waals surface area contributed by atoms with Crippen molar-refractivity contribution in [3.63, 3.8) is 0 Å². The van der Waals surface area contributed by atoms with Crippen LogP contribution < -0.4 is 70.4 Å². The Bertz CT molecular complexity index is 2540. The molecule has 34 heteroatoms. The van der Waals surface area contributed by atoms with Crippen LogP contribution in [-0.4, -0.2) is 217 Å². The van der Waals surface area contributed by atoms with Gasteiger partial charge in [-0.05, 0) is 70.3 Å². The van der Waals surface area contributed by atoms with Gasteiger partial charge in [0.15, 0.2) is 18.0 Å². The molecule has 24 N–H and O–H groups in total. The van der Waals surface area contributed by atoms with Crippen molar-refractivity contribution in [3.05, 3.63) is 35.9 Å². The van der Waals surface area contributed by atoms with Crippen molar-refractivity contribution in [2.45, 2.75) is 171 Å². The van der Waals surface area contributed by atoms with Crippen molar-refractivity contribution in [1.82, 2.24) is 58.1 Å². The van der Waals surface area contributed by atoms with Gasteiger partial charge in [-0.1, -0.05) is 50.6 Å². The number of nitrogens with zero attached hydrogens (tertiary/aromatic N) is 1. The Balaban J connectivity index is 2.47. The van der Waals surface area contributed by atoms with Crippen LogP contribution in [0, 0.1) is 16.7 Å². The van der Waals surface area contributed by atoms with Gasteiger partial charge in [0.05, 0.1) is 31.3 Å². The van der Waals surface area contributed by atoms with E-state index in [1.165, 1.54) is 11.8 Å². The van der Waals surface area contributed by atoms with E-state index in [9.17, 15) is 88.2 Å². The van der Waals surface area contributed by atoms with E-state index < -0.39 is 181 Å². The van der Waals surface area contributed by atoms with Crippen LogP contribution >= 0.6 is 0 Å². The third-order valence-corrected chi connectivity index (χ3v) is 13.7. The Morgan fingerprint density at radius 1 is 0.605 bits per heavy atom. The number of carboxylic acid groups (broad SMARTS) is 3. The van der Waals surface area contributed by atoms with Crippen LogP contribution in [0.5, 0.6) is 0 Å². The topological polar surface area (TPSA) is 576 Å². The largest absolute Gasteiger partial charge is 0.481 e. The summed E-state index contributed by atoms with van der Waals surface area (Å²) in [6.45, 7) is 4.34. The lowest BCUT2D eigenvalue weighted by Crippen LogP contribution is -2.63. The maximum atomic E-state index is 14.4. The summed E-state index contributed by atoms with van der Waals surface area (Å²) in [5.41, 5.74) is 17.5. The zero-order valence-corrected chi connectivity index (χ0v) is 48.3. The molecule has 34 nitrogen and oxygen atoms in total. The van der Waals surface area contributed by atoms with Gasteiger partial charge in [-0.15, -0.1) is 0 Å². The molecule has 1 heterocycles. The summed E-state index contributed by atoms with van der Waals surface area (Å²) in [7, 11) is 0. The lowest BCUT2D eigenvalue weighted by atomic mass is 9.97. The number of hydrogen-bond donors (Lipinski definition) is 21. The number of hydrogen-bond acceptors (Lipinski definition) is 18. The number of carbonyl (C=O) groups excluding carboxylic acids is 9. The average molecular weight is 1220 g/mol. The van der Waals surface area contributed by atoms with Crippen LogP contribution in [0.15, 0.2) is 30.3 Å². The van der Waals surface area contributed by atoms with Crippen molar-refractivity contribution < 1.29 is 88.2 Å². The number of nitrogens with two attached hydrogens (primary N) is 3. The molecule has 0 bridgehead atoms. The van der Waals surface area contributed by atoms with E-state index in [4.69, 9.17) is 28.0 Å². The summed E-state index contributed by atoms with van der Waals surface area (Å²) < 4.78 is 0. The van der Waals surface area contributed by atoms with Crippen LogP contribution in [0.25, 0.3) is 0 Å². The van der Waals surface area contributed by atoms with Crippen molar-refractivity contribution in [2.24, 2.45) is 23.1 Å². The fourth-order valence-corrected chi connectivity index (χ4v) is 8.75.